The highest BCUT2D eigenvalue weighted by atomic mass is 79.9. The van der Waals surface area contributed by atoms with Gasteiger partial charge in [0.15, 0.2) is 0 Å². The van der Waals surface area contributed by atoms with Crippen LogP contribution in [-0.4, -0.2) is 53.4 Å². The fourth-order valence-corrected chi connectivity index (χ4v) is 3.10. The zero-order valence-corrected chi connectivity index (χ0v) is 14.1. The maximum Gasteiger partial charge on any atom is 0.257 e. The Kier molecular flexibility index (Phi) is 5.41. The lowest BCUT2D eigenvalue weighted by atomic mass is 10.1. The maximum atomic E-state index is 12.8. The van der Waals surface area contributed by atoms with Crippen LogP contribution < -0.4 is 0 Å². The summed E-state index contributed by atoms with van der Waals surface area (Å²) < 4.78 is 0.769. The van der Waals surface area contributed by atoms with Gasteiger partial charge in [-0.15, -0.1) is 0 Å². The van der Waals surface area contributed by atoms with Crippen molar-refractivity contribution in [1.29, 1.82) is 0 Å². The summed E-state index contributed by atoms with van der Waals surface area (Å²) in [5.41, 5.74) is 0.476. The van der Waals surface area contributed by atoms with Crippen LogP contribution in [0.2, 0.25) is 5.15 Å². The number of likely N-dealkylation sites (N-methyl/N-ethyl adjacent to an activating group) is 1. The lowest BCUT2D eigenvalue weighted by Crippen LogP contribution is -2.43. The van der Waals surface area contributed by atoms with Gasteiger partial charge in [0, 0.05) is 29.8 Å². The van der Waals surface area contributed by atoms with Crippen LogP contribution in [0, 0.1) is 0 Å². The van der Waals surface area contributed by atoms with Crippen LogP contribution in [0.4, 0.5) is 0 Å². The topological polar surface area (TPSA) is 36.4 Å². The molecule has 1 unspecified atom stereocenters. The molecule has 4 nitrogen and oxygen atoms in total. The minimum Gasteiger partial charge on any atom is -0.334 e. The van der Waals surface area contributed by atoms with E-state index in [0.29, 0.717) is 5.56 Å². The molecule has 0 N–H and O–H groups in total. The molecule has 0 saturated carbocycles. The molecule has 1 atom stereocenters. The summed E-state index contributed by atoms with van der Waals surface area (Å²) in [5.74, 6) is -0.0223. The smallest absolute Gasteiger partial charge is 0.257 e. The van der Waals surface area contributed by atoms with Crippen LogP contribution in [0.25, 0.3) is 0 Å². The van der Waals surface area contributed by atoms with Crippen LogP contribution in [-0.2, 0) is 0 Å². The third kappa shape index (κ3) is 3.51. The van der Waals surface area contributed by atoms with E-state index >= 15 is 0 Å². The van der Waals surface area contributed by atoms with Crippen LogP contribution in [0.15, 0.2) is 16.7 Å². The van der Waals surface area contributed by atoms with E-state index in [9.17, 15) is 4.79 Å². The van der Waals surface area contributed by atoms with Gasteiger partial charge >= 0.3 is 0 Å². The second-order valence-electron chi connectivity index (χ2n) is 5.17. The van der Waals surface area contributed by atoms with Gasteiger partial charge in [0.2, 0.25) is 0 Å². The minimum absolute atomic E-state index is 0.0223. The third-order valence-corrected chi connectivity index (χ3v) is 4.41. The Morgan fingerprint density at radius 2 is 2.30 bits per heavy atom. The highest BCUT2D eigenvalue weighted by Gasteiger charge is 2.28. The van der Waals surface area contributed by atoms with Gasteiger partial charge in [0.25, 0.3) is 5.91 Å². The molecular formula is C14H19BrClN3O. The monoisotopic (exact) mass is 359 g/mol. The van der Waals surface area contributed by atoms with E-state index in [1.165, 1.54) is 0 Å². The number of pyridine rings is 1. The van der Waals surface area contributed by atoms with Crippen molar-refractivity contribution in [1.82, 2.24) is 14.8 Å². The lowest BCUT2D eigenvalue weighted by molar-refractivity contribution is 0.0675. The predicted octanol–water partition coefficient (Wildman–Crippen LogP) is 3.05. The number of aromatic nitrogens is 1. The van der Waals surface area contributed by atoms with Crippen LogP contribution in [0.5, 0.6) is 0 Å². The van der Waals surface area contributed by atoms with E-state index in [2.05, 4.69) is 39.8 Å². The molecular weight excluding hydrogens is 342 g/mol. The molecule has 0 aromatic carbocycles. The van der Waals surface area contributed by atoms with E-state index in [0.717, 1.165) is 36.9 Å². The highest BCUT2D eigenvalue weighted by Crippen LogP contribution is 2.22. The molecule has 1 fully saturated rings. The molecule has 0 spiro atoms. The van der Waals surface area contributed by atoms with Crippen molar-refractivity contribution < 1.29 is 4.79 Å². The molecule has 1 saturated heterocycles. The minimum atomic E-state index is -0.0223. The zero-order valence-electron chi connectivity index (χ0n) is 11.8. The molecule has 1 aromatic heterocycles. The van der Waals surface area contributed by atoms with Crippen LogP contribution >= 0.6 is 27.5 Å². The Morgan fingerprint density at radius 3 is 3.00 bits per heavy atom. The number of hydrogen-bond donors (Lipinski definition) is 0. The van der Waals surface area contributed by atoms with Crippen molar-refractivity contribution in [2.24, 2.45) is 0 Å². The molecule has 2 rings (SSSR count). The molecule has 20 heavy (non-hydrogen) atoms. The first kappa shape index (κ1) is 15.7. The van der Waals surface area contributed by atoms with Gasteiger partial charge in [-0.2, -0.15) is 0 Å². The molecule has 2 heterocycles. The molecule has 6 heteroatoms. The summed E-state index contributed by atoms with van der Waals surface area (Å²) in [4.78, 5) is 21.0. The largest absolute Gasteiger partial charge is 0.334 e. The van der Waals surface area contributed by atoms with E-state index in [4.69, 9.17) is 11.6 Å². The predicted molar refractivity (Wildman–Crippen MR) is 84.2 cm³/mol. The molecule has 0 radical (unpaired) electrons. The van der Waals surface area contributed by atoms with Gasteiger partial charge < -0.3 is 9.80 Å². The van der Waals surface area contributed by atoms with Crippen molar-refractivity contribution in [2.75, 3.05) is 26.7 Å². The van der Waals surface area contributed by atoms with E-state index < -0.39 is 0 Å². The molecule has 0 aliphatic carbocycles. The van der Waals surface area contributed by atoms with Gasteiger partial charge in [-0.3, -0.25) is 4.79 Å². The fraction of sp³-hybridized carbons (Fsp3) is 0.571. The van der Waals surface area contributed by atoms with Crippen LogP contribution in [0.3, 0.4) is 0 Å². The highest BCUT2D eigenvalue weighted by molar-refractivity contribution is 9.10. The number of carbonyl (C=O) groups excluding carboxylic acids is 1. The standard InChI is InChI=1S/C14H19BrClN3O/c1-3-11-9-18(2)5-4-6-19(11)14(20)12-7-10(15)8-17-13(12)16/h7-8,11H,3-6,9H2,1-2H3. The first-order chi connectivity index (χ1) is 9.52. The van der Waals surface area contributed by atoms with Crippen molar-refractivity contribution in [2.45, 2.75) is 25.8 Å². The average Bonchev–Trinajstić information content (AvgIpc) is 2.62. The number of rotatable bonds is 2. The Bertz CT molecular complexity index is 497. The molecule has 1 amide bonds. The summed E-state index contributed by atoms with van der Waals surface area (Å²) in [7, 11) is 2.10. The summed E-state index contributed by atoms with van der Waals surface area (Å²) in [6, 6.07) is 1.98. The van der Waals surface area contributed by atoms with E-state index in [1.807, 2.05) is 4.90 Å². The molecule has 110 valence electrons. The van der Waals surface area contributed by atoms with Crippen molar-refractivity contribution in [3.63, 3.8) is 0 Å². The van der Waals surface area contributed by atoms with Crippen LogP contribution in [0.1, 0.15) is 30.1 Å². The zero-order chi connectivity index (χ0) is 14.7. The van der Waals surface area contributed by atoms with Gasteiger partial charge in [-0.1, -0.05) is 18.5 Å². The summed E-state index contributed by atoms with van der Waals surface area (Å²) in [6.07, 6.45) is 3.53. The fourth-order valence-electron chi connectivity index (χ4n) is 2.59. The molecule has 0 bridgehead atoms. The number of nitrogens with zero attached hydrogens (tertiary/aromatic N) is 3. The van der Waals surface area contributed by atoms with Crippen molar-refractivity contribution >= 4 is 33.4 Å². The summed E-state index contributed by atoms with van der Waals surface area (Å²) >= 11 is 9.43. The van der Waals surface area contributed by atoms with Gasteiger partial charge in [0.05, 0.1) is 5.56 Å². The Hall–Kier alpha value is -0.650. The first-order valence-corrected chi connectivity index (χ1v) is 8.00. The number of amides is 1. The molecule has 1 aliphatic rings. The van der Waals surface area contributed by atoms with Crippen molar-refractivity contribution in [3.05, 3.63) is 27.5 Å². The first-order valence-electron chi connectivity index (χ1n) is 6.83. The molecule has 1 aromatic rings. The SMILES string of the molecule is CCC1CN(C)CCCN1C(=O)c1cc(Br)cnc1Cl. The Morgan fingerprint density at radius 1 is 1.55 bits per heavy atom. The van der Waals surface area contributed by atoms with Gasteiger partial charge in [0.1, 0.15) is 5.15 Å². The number of halogens is 2. The van der Waals surface area contributed by atoms with E-state index in [-0.39, 0.29) is 17.1 Å². The van der Waals surface area contributed by atoms with Crippen molar-refractivity contribution in [3.8, 4) is 0 Å². The number of carbonyl (C=O) groups is 1. The summed E-state index contributed by atoms with van der Waals surface area (Å²) in [6.45, 7) is 4.81. The average molecular weight is 361 g/mol. The van der Waals surface area contributed by atoms with Gasteiger partial charge in [-0.05, 0) is 48.4 Å². The number of hydrogen-bond acceptors (Lipinski definition) is 3. The lowest BCUT2D eigenvalue weighted by Gasteiger charge is -2.30. The molecule has 1 aliphatic heterocycles. The normalized spacial score (nSPS) is 20.8. The Balaban J connectivity index is 2.27. The third-order valence-electron chi connectivity index (χ3n) is 3.67. The quantitative estimate of drug-likeness (QED) is 0.761. The van der Waals surface area contributed by atoms with E-state index in [1.54, 1.807) is 12.3 Å². The Labute approximate surface area is 133 Å². The second kappa shape index (κ2) is 6.87. The van der Waals surface area contributed by atoms with Gasteiger partial charge in [-0.25, -0.2) is 4.98 Å². The second-order valence-corrected chi connectivity index (χ2v) is 6.44. The summed E-state index contributed by atoms with van der Waals surface area (Å²) in [5, 5.41) is 0.269. The maximum absolute atomic E-state index is 12.8.